The van der Waals surface area contributed by atoms with Gasteiger partial charge >= 0.3 is 0 Å². The molecular weight excluding hydrogens is 1450 g/mol. The fraction of sp³-hybridized carbons (Fsp3) is 0.446. The standard InChI is InChI=1S/2C26H34N2O2.2C22H30N2O2.5CH4/c2*29-25-17-21(9-11-23(25)19-27-13-3-1-4-14-27)7-8-22-10-12-24(26(30)18-22)20-28-15-5-2-6-16-28;2*1-15(17-7-9-21(25)19(11-17)13-23(3)4)16(2)18-8-10-22(26)20(12-18)14-24(5)6;;;;;/h2*7-12,17-18,29-30H,1-6,13-16,19-20H2;2*7-12,25-26H,13-14H2,1-6H3;5*1H4/b8-7+;8-7-;16-15+;16-15-;;;;;. The van der Waals surface area contributed by atoms with Gasteiger partial charge in [-0.25, -0.2) is 0 Å². The van der Waals surface area contributed by atoms with Crippen molar-refractivity contribution < 1.29 is 40.9 Å². The third-order valence-corrected chi connectivity index (χ3v) is 21.9. The molecule has 4 aliphatic rings. The molecule has 4 aliphatic heterocycles. The molecule has 4 heterocycles. The molecule has 0 radical (unpaired) electrons. The zero-order valence-electron chi connectivity index (χ0n) is 69.1. The van der Waals surface area contributed by atoms with Gasteiger partial charge in [0.15, 0.2) is 0 Å². The van der Waals surface area contributed by atoms with Crippen LogP contribution < -0.4 is 0 Å². The van der Waals surface area contributed by atoms with Crippen LogP contribution in [0.15, 0.2) is 146 Å². The molecule has 117 heavy (non-hydrogen) atoms. The minimum Gasteiger partial charge on any atom is -0.508 e. The van der Waals surface area contributed by atoms with E-state index in [1.165, 1.54) is 77.0 Å². The summed E-state index contributed by atoms with van der Waals surface area (Å²) >= 11 is 0. The number of likely N-dealkylation sites (tertiary alicyclic amines) is 4. The number of rotatable bonds is 24. The summed E-state index contributed by atoms with van der Waals surface area (Å²) in [5, 5.41) is 82.2. The smallest absolute Gasteiger partial charge is 0.120 e. The highest BCUT2D eigenvalue weighted by atomic mass is 16.3. The van der Waals surface area contributed by atoms with Crippen LogP contribution in [0.2, 0.25) is 0 Å². The van der Waals surface area contributed by atoms with Crippen LogP contribution in [0.5, 0.6) is 46.0 Å². The Bertz CT molecular complexity index is 3920. The molecule has 16 heteroatoms. The molecule has 8 aromatic carbocycles. The van der Waals surface area contributed by atoms with Gasteiger partial charge in [-0.3, -0.25) is 19.6 Å². The van der Waals surface area contributed by atoms with E-state index in [9.17, 15) is 40.9 Å². The van der Waals surface area contributed by atoms with Crippen molar-refractivity contribution in [3.8, 4) is 46.0 Å². The van der Waals surface area contributed by atoms with Crippen LogP contribution in [0, 0.1) is 0 Å². The average Bonchev–Trinajstić information content (AvgIpc) is 0.822. The number of phenolic OH excluding ortho intramolecular Hbond substituents is 8. The minimum atomic E-state index is 0. The van der Waals surface area contributed by atoms with E-state index < -0.39 is 0 Å². The summed E-state index contributed by atoms with van der Waals surface area (Å²) < 4.78 is 0. The van der Waals surface area contributed by atoms with Crippen LogP contribution in [-0.2, 0) is 52.4 Å². The van der Waals surface area contributed by atoms with Gasteiger partial charge < -0.3 is 60.5 Å². The van der Waals surface area contributed by atoms with E-state index in [1.54, 1.807) is 24.3 Å². The molecule has 640 valence electrons. The van der Waals surface area contributed by atoms with Crippen molar-refractivity contribution in [3.05, 3.63) is 235 Å². The number of hydrogen-bond acceptors (Lipinski definition) is 16. The molecule has 4 saturated heterocycles. The molecule has 0 atom stereocenters. The number of hydrogen-bond donors (Lipinski definition) is 8. The monoisotopic (exact) mass is 1600 g/mol. The molecule has 0 spiro atoms. The van der Waals surface area contributed by atoms with Gasteiger partial charge in [-0.2, -0.15) is 0 Å². The lowest BCUT2D eigenvalue weighted by atomic mass is 9.94. The third kappa shape index (κ3) is 31.6. The maximum absolute atomic E-state index is 10.5. The molecule has 4 fully saturated rings. The molecule has 8 N–H and O–H groups in total. The van der Waals surface area contributed by atoms with Crippen LogP contribution in [0.3, 0.4) is 0 Å². The summed E-state index contributed by atoms with van der Waals surface area (Å²) in [5.41, 5.74) is 20.5. The predicted molar refractivity (Wildman–Crippen MR) is 499 cm³/mol. The molecule has 0 saturated carbocycles. The first-order valence-corrected chi connectivity index (χ1v) is 40.5. The largest absolute Gasteiger partial charge is 0.508 e. The highest BCUT2D eigenvalue weighted by Gasteiger charge is 2.20. The first-order valence-electron chi connectivity index (χ1n) is 40.5. The number of nitrogens with zero attached hydrogens (tertiary/aromatic N) is 8. The Labute approximate surface area is 706 Å². The number of benzene rings is 8. The molecule has 8 aromatic rings. The zero-order chi connectivity index (χ0) is 80.4. The maximum atomic E-state index is 10.5. The Kier molecular flexibility index (Phi) is 42.7. The van der Waals surface area contributed by atoms with Gasteiger partial charge in [-0.1, -0.05) is 160 Å². The van der Waals surface area contributed by atoms with Crippen LogP contribution in [0.25, 0.3) is 46.6 Å². The van der Waals surface area contributed by atoms with E-state index in [4.69, 9.17) is 0 Å². The van der Waals surface area contributed by atoms with Crippen molar-refractivity contribution in [1.29, 1.82) is 0 Å². The lowest BCUT2D eigenvalue weighted by Gasteiger charge is -2.26. The highest BCUT2D eigenvalue weighted by Crippen LogP contribution is 2.36. The fourth-order valence-corrected chi connectivity index (χ4v) is 15.1. The SMILES string of the molecule is C.C.C.C.C.C/C(=C(/C)c1ccc(O)c(CN(C)C)c1)c1ccc(O)c(CN(C)C)c1.C/C(=C(\C)c1ccc(O)c(CN(C)C)c1)c1ccc(O)c(CN(C)C)c1.Oc1cc(/C=C/c2ccc(CN3CCCCC3)c(O)c2)ccc1CN1CCCCC1.Oc1cc(/C=C\c2ccc(CN3CCCCC3)c(O)c2)ccc1CN1CCCCC1. The maximum Gasteiger partial charge on any atom is 0.120 e. The van der Waals surface area contributed by atoms with Crippen LogP contribution in [0.1, 0.15) is 231 Å². The van der Waals surface area contributed by atoms with Gasteiger partial charge in [0.2, 0.25) is 0 Å². The van der Waals surface area contributed by atoms with E-state index in [0.717, 1.165) is 190 Å². The molecule has 0 bridgehead atoms. The summed E-state index contributed by atoms with van der Waals surface area (Å²) in [7, 11) is 15.9. The lowest BCUT2D eigenvalue weighted by Crippen LogP contribution is -2.29. The van der Waals surface area contributed by atoms with Gasteiger partial charge in [0.05, 0.1) is 0 Å². The molecule has 0 unspecified atom stereocenters. The van der Waals surface area contributed by atoms with E-state index in [1.807, 2.05) is 173 Å². The highest BCUT2D eigenvalue weighted by molar-refractivity contribution is 5.90. The van der Waals surface area contributed by atoms with Crippen molar-refractivity contribution in [2.45, 2.75) is 194 Å². The van der Waals surface area contributed by atoms with Gasteiger partial charge in [0, 0.05) is 96.9 Å². The fourth-order valence-electron chi connectivity index (χ4n) is 15.1. The predicted octanol–water partition coefficient (Wildman–Crippen LogP) is 22.0. The Morgan fingerprint density at radius 3 is 0.581 bits per heavy atom. The molecule has 0 aliphatic carbocycles. The Balaban J connectivity index is 0.000000324. The summed E-state index contributed by atoms with van der Waals surface area (Å²) in [6, 6.07) is 46.7. The first kappa shape index (κ1) is 100. The van der Waals surface area contributed by atoms with Crippen molar-refractivity contribution >= 4 is 46.6 Å². The van der Waals surface area contributed by atoms with E-state index in [0.29, 0.717) is 72.2 Å². The van der Waals surface area contributed by atoms with Crippen molar-refractivity contribution in [3.63, 3.8) is 0 Å². The van der Waals surface area contributed by atoms with Crippen LogP contribution >= 0.6 is 0 Å². The number of piperidine rings is 4. The van der Waals surface area contributed by atoms with E-state index >= 15 is 0 Å². The van der Waals surface area contributed by atoms with Crippen molar-refractivity contribution in [2.24, 2.45) is 0 Å². The molecule has 0 amide bonds. The van der Waals surface area contributed by atoms with Crippen LogP contribution in [0.4, 0.5) is 0 Å². The van der Waals surface area contributed by atoms with Gasteiger partial charge in [0.1, 0.15) is 46.0 Å². The molecule has 16 nitrogen and oxygen atoms in total. The van der Waals surface area contributed by atoms with Crippen LogP contribution in [-0.4, -0.2) is 189 Å². The van der Waals surface area contributed by atoms with E-state index in [-0.39, 0.29) is 37.1 Å². The topological polar surface area (TPSA) is 188 Å². The molecule has 12 rings (SSSR count). The van der Waals surface area contributed by atoms with Crippen molar-refractivity contribution in [2.75, 3.05) is 109 Å². The summed E-state index contributed by atoms with van der Waals surface area (Å²) in [4.78, 5) is 17.8. The Morgan fingerprint density at radius 2 is 0.419 bits per heavy atom. The van der Waals surface area contributed by atoms with Crippen molar-refractivity contribution in [1.82, 2.24) is 39.2 Å². The molecular formula is C101H148N8O8. The van der Waals surface area contributed by atoms with Gasteiger partial charge in [0.25, 0.3) is 0 Å². The zero-order valence-corrected chi connectivity index (χ0v) is 69.1. The van der Waals surface area contributed by atoms with Gasteiger partial charge in [-0.05, 0) is 327 Å². The van der Waals surface area contributed by atoms with E-state index in [2.05, 4.69) is 95.8 Å². The lowest BCUT2D eigenvalue weighted by molar-refractivity contribution is 0.218. The average molecular weight is 1600 g/mol. The Morgan fingerprint density at radius 1 is 0.239 bits per heavy atom. The first-order chi connectivity index (χ1) is 53.7. The second-order valence-corrected chi connectivity index (χ2v) is 32.4. The summed E-state index contributed by atoms with van der Waals surface area (Å²) in [5.74, 6) is 2.75. The quantitative estimate of drug-likeness (QED) is 0.0267. The van der Waals surface area contributed by atoms with Gasteiger partial charge in [-0.15, -0.1) is 0 Å². The minimum absolute atomic E-state index is 0. The summed E-state index contributed by atoms with van der Waals surface area (Å²) in [6.45, 7) is 23.4. The Hall–Kier alpha value is -9.20. The number of allylic oxidation sites excluding steroid dienone is 4. The third-order valence-electron chi connectivity index (χ3n) is 21.9. The normalized spacial score (nSPS) is 15.2. The molecule has 0 aromatic heterocycles. The second kappa shape index (κ2) is 49.9. The number of aromatic hydroxyl groups is 8. The number of phenols is 8. The second-order valence-electron chi connectivity index (χ2n) is 32.4. The summed E-state index contributed by atoms with van der Waals surface area (Å²) in [6.07, 6.45) is 23.3.